The molecule has 0 unspecified atom stereocenters. The second kappa shape index (κ2) is 8.85. The monoisotopic (exact) mass is 357 g/mol. The van der Waals surface area contributed by atoms with E-state index < -0.39 is 0 Å². The van der Waals surface area contributed by atoms with E-state index in [0.29, 0.717) is 44.5 Å². The maximum Gasteiger partial charge on any atom is 0.269 e. The van der Waals surface area contributed by atoms with Crippen LogP contribution in [-0.4, -0.2) is 42.1 Å². The van der Waals surface area contributed by atoms with Gasteiger partial charge in [-0.25, -0.2) is 0 Å². The van der Waals surface area contributed by atoms with Crippen LogP contribution in [0.4, 0.5) is 0 Å². The van der Waals surface area contributed by atoms with Gasteiger partial charge in [-0.1, -0.05) is 18.2 Å². The van der Waals surface area contributed by atoms with Gasteiger partial charge in [0.15, 0.2) is 0 Å². The van der Waals surface area contributed by atoms with Gasteiger partial charge in [0.25, 0.3) is 5.91 Å². The van der Waals surface area contributed by atoms with E-state index in [2.05, 4.69) is 16.5 Å². The third-order valence-electron chi connectivity index (χ3n) is 4.60. The minimum absolute atomic E-state index is 0.0828. The molecule has 2 heterocycles. The Bertz CT molecular complexity index is 742. The number of nitrogens with zero attached hydrogens (tertiary/aromatic N) is 2. The maximum atomic E-state index is 12.6. The number of para-hydroxylation sites is 1. The lowest BCUT2D eigenvalue weighted by Gasteiger charge is -2.15. The van der Waals surface area contributed by atoms with Gasteiger partial charge in [-0.2, -0.15) is 5.10 Å². The Balaban J connectivity index is 1.59. The summed E-state index contributed by atoms with van der Waals surface area (Å²) in [6.07, 6.45) is 1.84. The predicted octanol–water partition coefficient (Wildman–Crippen LogP) is 2.60. The number of carbonyl (C=O) groups is 1. The Labute approximate surface area is 154 Å². The van der Waals surface area contributed by atoms with Gasteiger partial charge in [-0.15, -0.1) is 0 Å². The van der Waals surface area contributed by atoms with E-state index in [1.807, 2.05) is 38.1 Å². The van der Waals surface area contributed by atoms with Gasteiger partial charge in [0, 0.05) is 13.2 Å². The molecule has 0 radical (unpaired) electrons. The first-order valence-electron chi connectivity index (χ1n) is 9.28. The Morgan fingerprint density at radius 2 is 2.27 bits per heavy atom. The minimum atomic E-state index is -0.0828. The molecule has 26 heavy (non-hydrogen) atoms. The maximum absolute atomic E-state index is 12.6. The average Bonchev–Trinajstić information content (AvgIpc) is 2.88. The Kier molecular flexibility index (Phi) is 6.28. The quantitative estimate of drug-likeness (QED) is 0.774. The molecule has 3 rings (SSSR count). The van der Waals surface area contributed by atoms with Crippen LogP contribution in [0.15, 0.2) is 30.3 Å². The third-order valence-corrected chi connectivity index (χ3v) is 4.60. The number of rotatable bonds is 7. The van der Waals surface area contributed by atoms with E-state index >= 15 is 0 Å². The summed E-state index contributed by atoms with van der Waals surface area (Å²) in [4.78, 5) is 12.6. The number of fused-ring (bicyclic) bond motifs is 1. The zero-order valence-electron chi connectivity index (χ0n) is 15.5. The molecule has 1 aromatic carbocycles. The summed E-state index contributed by atoms with van der Waals surface area (Å²) in [7, 11) is 0. The van der Waals surface area contributed by atoms with Crippen LogP contribution in [-0.2, 0) is 17.7 Å². The zero-order valence-corrected chi connectivity index (χ0v) is 15.5. The van der Waals surface area contributed by atoms with Gasteiger partial charge in [0.1, 0.15) is 11.4 Å². The van der Waals surface area contributed by atoms with Crippen molar-refractivity contribution in [3.63, 3.8) is 0 Å². The second-order valence-corrected chi connectivity index (χ2v) is 6.62. The summed E-state index contributed by atoms with van der Waals surface area (Å²) in [5, 5.41) is 7.47. The smallest absolute Gasteiger partial charge is 0.269 e. The fraction of sp³-hybridized carbons (Fsp3) is 0.500. The summed E-state index contributed by atoms with van der Waals surface area (Å²) in [6, 6.07) is 9.96. The number of nitrogens with one attached hydrogen (secondary N) is 1. The van der Waals surface area contributed by atoms with Crippen LogP contribution < -0.4 is 10.1 Å². The molecule has 1 aromatic heterocycles. The van der Waals surface area contributed by atoms with E-state index in [1.54, 1.807) is 4.68 Å². The SMILES string of the molecule is CCOCCn1nc(C)cc1C(=O)NC[C@H]1CCOc2ccccc2C1. The van der Waals surface area contributed by atoms with Crippen LogP contribution in [0.5, 0.6) is 5.75 Å². The number of benzene rings is 1. The van der Waals surface area contributed by atoms with E-state index in [1.165, 1.54) is 5.56 Å². The number of hydrogen-bond acceptors (Lipinski definition) is 4. The number of carbonyl (C=O) groups excluding carboxylic acids is 1. The highest BCUT2D eigenvalue weighted by Gasteiger charge is 2.20. The van der Waals surface area contributed by atoms with E-state index in [0.717, 1.165) is 24.3 Å². The van der Waals surface area contributed by atoms with Crippen molar-refractivity contribution < 1.29 is 14.3 Å². The minimum Gasteiger partial charge on any atom is -0.493 e. The topological polar surface area (TPSA) is 65.4 Å². The van der Waals surface area contributed by atoms with Crippen molar-refractivity contribution >= 4 is 5.91 Å². The Morgan fingerprint density at radius 1 is 1.42 bits per heavy atom. The molecule has 0 saturated heterocycles. The number of aryl methyl sites for hydroxylation is 1. The predicted molar refractivity (Wildman–Crippen MR) is 99.5 cm³/mol. The summed E-state index contributed by atoms with van der Waals surface area (Å²) >= 11 is 0. The lowest BCUT2D eigenvalue weighted by atomic mass is 9.97. The molecule has 0 spiro atoms. The van der Waals surface area contributed by atoms with E-state index in [4.69, 9.17) is 9.47 Å². The molecular weight excluding hydrogens is 330 g/mol. The van der Waals surface area contributed by atoms with Gasteiger partial charge >= 0.3 is 0 Å². The van der Waals surface area contributed by atoms with Crippen molar-refractivity contribution in [3.8, 4) is 5.75 Å². The molecule has 6 nitrogen and oxygen atoms in total. The molecule has 6 heteroatoms. The number of aromatic nitrogens is 2. The zero-order chi connectivity index (χ0) is 18.4. The summed E-state index contributed by atoms with van der Waals surface area (Å²) < 4.78 is 12.9. The van der Waals surface area contributed by atoms with Crippen molar-refractivity contribution in [1.82, 2.24) is 15.1 Å². The largest absolute Gasteiger partial charge is 0.493 e. The van der Waals surface area contributed by atoms with E-state index in [-0.39, 0.29) is 5.91 Å². The van der Waals surface area contributed by atoms with Crippen molar-refractivity contribution in [2.75, 3.05) is 26.4 Å². The second-order valence-electron chi connectivity index (χ2n) is 6.62. The average molecular weight is 357 g/mol. The van der Waals surface area contributed by atoms with Crippen molar-refractivity contribution in [1.29, 1.82) is 0 Å². The van der Waals surface area contributed by atoms with Crippen LogP contribution in [0.1, 0.15) is 35.1 Å². The first-order valence-corrected chi connectivity index (χ1v) is 9.28. The van der Waals surface area contributed by atoms with Gasteiger partial charge in [0.2, 0.25) is 0 Å². The van der Waals surface area contributed by atoms with Gasteiger partial charge < -0.3 is 14.8 Å². The molecule has 1 N–H and O–H groups in total. The van der Waals surface area contributed by atoms with Crippen LogP contribution in [0.25, 0.3) is 0 Å². The van der Waals surface area contributed by atoms with Crippen LogP contribution in [0, 0.1) is 12.8 Å². The van der Waals surface area contributed by atoms with Crippen LogP contribution >= 0.6 is 0 Å². The highest BCUT2D eigenvalue weighted by atomic mass is 16.5. The first kappa shape index (κ1) is 18.5. The van der Waals surface area contributed by atoms with Gasteiger partial charge in [0.05, 0.1) is 25.5 Å². The molecule has 1 aliphatic rings. The molecule has 2 aromatic rings. The fourth-order valence-electron chi connectivity index (χ4n) is 3.26. The molecule has 1 amide bonds. The molecule has 0 fully saturated rings. The summed E-state index contributed by atoms with van der Waals surface area (Å²) in [6.45, 7) is 6.95. The van der Waals surface area contributed by atoms with Crippen molar-refractivity contribution in [3.05, 3.63) is 47.3 Å². The van der Waals surface area contributed by atoms with Gasteiger partial charge in [-0.3, -0.25) is 9.48 Å². The Morgan fingerprint density at radius 3 is 3.12 bits per heavy atom. The fourth-order valence-corrected chi connectivity index (χ4v) is 3.26. The lowest BCUT2D eigenvalue weighted by molar-refractivity contribution is 0.0927. The third kappa shape index (κ3) is 4.64. The number of amides is 1. The normalized spacial score (nSPS) is 16.5. The summed E-state index contributed by atoms with van der Waals surface area (Å²) in [5.74, 6) is 1.25. The number of hydrogen-bond donors (Lipinski definition) is 1. The standard InChI is InChI=1S/C20H27N3O3/c1-3-25-11-9-23-18(12-15(2)22-23)20(24)21-14-16-8-10-26-19-7-5-4-6-17(19)13-16/h4-7,12,16H,3,8-11,13-14H2,1-2H3,(H,21,24)/t16-/m0/s1. The molecule has 0 aliphatic carbocycles. The van der Waals surface area contributed by atoms with Crippen molar-refractivity contribution in [2.45, 2.75) is 33.2 Å². The molecular formula is C20H27N3O3. The Hall–Kier alpha value is -2.34. The van der Waals surface area contributed by atoms with Gasteiger partial charge in [-0.05, 0) is 50.3 Å². The van der Waals surface area contributed by atoms with Crippen LogP contribution in [0.3, 0.4) is 0 Å². The first-order chi connectivity index (χ1) is 12.7. The lowest BCUT2D eigenvalue weighted by Crippen LogP contribution is -2.32. The molecule has 1 atom stereocenters. The molecule has 140 valence electrons. The van der Waals surface area contributed by atoms with Crippen molar-refractivity contribution in [2.24, 2.45) is 5.92 Å². The molecule has 0 saturated carbocycles. The highest BCUT2D eigenvalue weighted by molar-refractivity contribution is 5.92. The van der Waals surface area contributed by atoms with E-state index in [9.17, 15) is 4.79 Å². The molecule has 1 aliphatic heterocycles. The van der Waals surface area contributed by atoms with Crippen LogP contribution in [0.2, 0.25) is 0 Å². The molecule has 0 bridgehead atoms. The highest BCUT2D eigenvalue weighted by Crippen LogP contribution is 2.26. The summed E-state index contributed by atoms with van der Waals surface area (Å²) in [5.41, 5.74) is 2.64. The number of ether oxygens (including phenoxy) is 2.